The number of carbonyl (C=O) groups excluding carboxylic acids is 12. The third-order valence-corrected chi connectivity index (χ3v) is 14.2. The lowest BCUT2D eigenvalue weighted by molar-refractivity contribution is -0.154. The number of hydrogen-bond donors (Lipinski definition) is 11. The summed E-state index contributed by atoms with van der Waals surface area (Å²) in [5.41, 5.74) is -3.21. The summed E-state index contributed by atoms with van der Waals surface area (Å²) in [6, 6.07) is -9.53. The molecule has 0 radical (unpaired) electrons. The molecule has 2 heterocycles. The number of amides is 12. The first kappa shape index (κ1) is 69.7. The smallest absolute Gasteiger partial charge is 0.326 e. The number of rotatable bonds is 29. The molecule has 2 saturated heterocycles. The topological polar surface area (TPSA) is 397 Å². The fourth-order valence-corrected chi connectivity index (χ4v) is 9.33. The quantitative estimate of drug-likeness (QED) is 0.0386. The van der Waals surface area contributed by atoms with Gasteiger partial charge in [-0.1, -0.05) is 34.6 Å². The Hall–Kier alpha value is -7.42. The number of nitrogens with one attached hydrogen (secondary N) is 9. The second-order valence-corrected chi connectivity index (χ2v) is 22.9. The molecule has 0 aromatic carbocycles. The zero-order valence-electron chi connectivity index (χ0n) is 49.5. The summed E-state index contributed by atoms with van der Waals surface area (Å²) >= 11 is 0. The Morgan fingerprint density at radius 2 is 1.09 bits per heavy atom. The van der Waals surface area contributed by atoms with Gasteiger partial charge in [0.05, 0.1) is 13.0 Å². The van der Waals surface area contributed by atoms with Crippen molar-refractivity contribution in [1.82, 2.24) is 62.6 Å². The van der Waals surface area contributed by atoms with Crippen LogP contribution >= 0.6 is 0 Å². The summed E-state index contributed by atoms with van der Waals surface area (Å²) in [5.74, 6) is -12.0. The minimum absolute atomic E-state index is 0.219. The third kappa shape index (κ3) is 20.6. The molecule has 0 bridgehead atoms. The Labute approximate surface area is 473 Å². The summed E-state index contributed by atoms with van der Waals surface area (Å²) in [6.45, 7) is 20.6. The molecule has 2 aliphatic heterocycles. The van der Waals surface area contributed by atoms with E-state index in [2.05, 4.69) is 47.9 Å². The lowest BCUT2D eigenvalue weighted by atomic mass is 9.99. The predicted octanol–water partition coefficient (Wildman–Crippen LogP) is -2.00. The molecule has 28 nitrogen and oxygen atoms in total. The van der Waals surface area contributed by atoms with Gasteiger partial charge >= 0.3 is 11.9 Å². The normalized spacial score (nSPS) is 18.3. The van der Waals surface area contributed by atoms with Crippen molar-refractivity contribution in [2.75, 3.05) is 26.7 Å². The summed E-state index contributed by atoms with van der Waals surface area (Å²) in [4.78, 5) is 185. The highest BCUT2D eigenvalue weighted by atomic mass is 16.4. The van der Waals surface area contributed by atoms with E-state index in [1.165, 1.54) is 67.3 Å². The molecule has 0 unspecified atom stereocenters. The van der Waals surface area contributed by atoms with Crippen molar-refractivity contribution < 1.29 is 77.3 Å². The first-order valence-corrected chi connectivity index (χ1v) is 27.4. The van der Waals surface area contributed by atoms with Gasteiger partial charge in [0.15, 0.2) is 0 Å². The van der Waals surface area contributed by atoms with Crippen LogP contribution in [0.15, 0.2) is 0 Å². The zero-order valence-corrected chi connectivity index (χ0v) is 49.5. The van der Waals surface area contributed by atoms with Crippen molar-refractivity contribution in [3.8, 4) is 0 Å². The maximum absolute atomic E-state index is 13.9. The fraction of sp³-hybridized carbons (Fsp3) is 0.736. The standard InChI is InChI=1S/C53H88N12O16/c1-26(2)39(48(77)65-23-17-19-36(65)47(76)63(15)40(27(3)4)49(78)79)60-43(72)30(7)58-50(80)52(11,12)61-37(67)25-54-41(70)28(5)20-21-34-18-16-22-64(34)46(75)32(9)56-42(71)29(6)57-51(81)53(13,14)62-44(73)31(8)55-45(74)35(24-38(68)69)59-33(10)66/h26-32,34-36,39-40H,16-25H2,1-15H3,(H,54,70)(H,55,74)(H,56,71)(H,57,81)(H,58,80)(H,59,66)(H,60,72)(H,61,67)(H,62,73)(H,68,69)(H,78,79)/t28-,29+,30+,31+,32+,34+,35+,36+,39+,40+/m1/s1. The molecule has 2 fully saturated rings. The van der Waals surface area contributed by atoms with Gasteiger partial charge in [0.25, 0.3) is 0 Å². The molecule has 0 aromatic heterocycles. The highest BCUT2D eigenvalue weighted by Gasteiger charge is 2.43. The number of aliphatic carboxylic acids is 2. The second kappa shape index (κ2) is 30.4. The van der Waals surface area contributed by atoms with Crippen LogP contribution < -0.4 is 47.9 Å². The van der Waals surface area contributed by atoms with Gasteiger partial charge in [0.2, 0.25) is 70.9 Å². The van der Waals surface area contributed by atoms with E-state index in [0.717, 1.165) is 11.8 Å². The van der Waals surface area contributed by atoms with Gasteiger partial charge in [-0.25, -0.2) is 4.79 Å². The molecule has 2 rings (SSSR count). The largest absolute Gasteiger partial charge is 0.481 e. The third-order valence-electron chi connectivity index (χ3n) is 14.2. The molecule has 2 aliphatic rings. The van der Waals surface area contributed by atoms with Gasteiger partial charge < -0.3 is 72.8 Å². The molecule has 11 N–H and O–H groups in total. The van der Waals surface area contributed by atoms with Crippen LogP contribution in [0, 0.1) is 17.8 Å². The molecule has 81 heavy (non-hydrogen) atoms. The molecular formula is C53H88N12O16. The van der Waals surface area contributed by atoms with E-state index in [0.29, 0.717) is 45.1 Å². The van der Waals surface area contributed by atoms with E-state index in [1.54, 1.807) is 39.5 Å². The molecule has 0 spiro atoms. The molecule has 10 atom stereocenters. The highest BCUT2D eigenvalue weighted by molar-refractivity contribution is 5.99. The van der Waals surface area contributed by atoms with Crippen LogP contribution in [0.5, 0.6) is 0 Å². The zero-order chi connectivity index (χ0) is 62.2. The SMILES string of the molecule is CC(=O)N[C@@H](CC(=O)O)C(=O)N[C@@H](C)C(=O)NC(C)(C)C(=O)N[C@@H](C)C(=O)N[C@@H](C)C(=O)N1CCC[C@H]1CC[C@@H](C)C(=O)NCC(=O)NC(C)(C)C(=O)N[C@@H](C)C(=O)N[C@H](C(=O)N1CCC[C@H]1C(=O)N(C)[C@H](C(=O)O)C(C)C)C(C)C. The molecular weight excluding hydrogens is 1060 g/mol. The Morgan fingerprint density at radius 3 is 1.60 bits per heavy atom. The second-order valence-electron chi connectivity index (χ2n) is 22.9. The van der Waals surface area contributed by atoms with Crippen molar-refractivity contribution in [3.05, 3.63) is 0 Å². The molecule has 0 aromatic rings. The number of hydrogen-bond acceptors (Lipinski definition) is 14. The predicted molar refractivity (Wildman–Crippen MR) is 291 cm³/mol. The highest BCUT2D eigenvalue weighted by Crippen LogP contribution is 2.26. The Bertz CT molecular complexity index is 2360. The Morgan fingerprint density at radius 1 is 0.580 bits per heavy atom. The van der Waals surface area contributed by atoms with Crippen LogP contribution in [-0.4, -0.2) is 200 Å². The van der Waals surface area contributed by atoms with Crippen LogP contribution in [0.4, 0.5) is 0 Å². The van der Waals surface area contributed by atoms with Gasteiger partial charge in [-0.15, -0.1) is 0 Å². The number of carboxylic acid groups (broad SMARTS) is 2. The minimum Gasteiger partial charge on any atom is -0.481 e. The summed E-state index contributed by atoms with van der Waals surface area (Å²) in [7, 11) is 1.39. The van der Waals surface area contributed by atoms with Gasteiger partial charge in [-0.05, 0) is 106 Å². The van der Waals surface area contributed by atoms with Crippen LogP contribution in [0.3, 0.4) is 0 Å². The van der Waals surface area contributed by atoms with E-state index in [1.807, 2.05) is 0 Å². The van der Waals surface area contributed by atoms with Crippen LogP contribution in [-0.2, 0) is 67.1 Å². The maximum Gasteiger partial charge on any atom is 0.326 e. The molecule has 456 valence electrons. The average molecular weight is 1150 g/mol. The van der Waals surface area contributed by atoms with E-state index in [4.69, 9.17) is 5.11 Å². The first-order valence-electron chi connectivity index (χ1n) is 27.4. The first-order chi connectivity index (χ1) is 37.3. The molecule has 0 aliphatic carbocycles. The Kier molecular flexibility index (Phi) is 26.2. The summed E-state index contributed by atoms with van der Waals surface area (Å²) in [6.07, 6.45) is 2.08. The van der Waals surface area contributed by atoms with E-state index in [9.17, 15) is 72.2 Å². The fourth-order valence-electron chi connectivity index (χ4n) is 9.33. The van der Waals surface area contributed by atoms with Crippen molar-refractivity contribution >= 4 is 82.8 Å². The van der Waals surface area contributed by atoms with Crippen molar-refractivity contribution in [2.24, 2.45) is 17.8 Å². The van der Waals surface area contributed by atoms with Crippen molar-refractivity contribution in [1.29, 1.82) is 0 Å². The van der Waals surface area contributed by atoms with E-state index < -0.39 is 173 Å². The number of carbonyl (C=O) groups is 14. The monoisotopic (exact) mass is 1150 g/mol. The number of nitrogens with zero attached hydrogens (tertiary/aromatic N) is 3. The average Bonchev–Trinajstić information content (AvgIpc) is 4.07. The van der Waals surface area contributed by atoms with Gasteiger partial charge in [-0.2, -0.15) is 0 Å². The number of likely N-dealkylation sites (tertiary alicyclic amines) is 2. The lowest BCUT2D eigenvalue weighted by Gasteiger charge is -2.35. The number of likely N-dealkylation sites (N-methyl/N-ethyl adjacent to an activating group) is 1. The van der Waals surface area contributed by atoms with Crippen LogP contribution in [0.2, 0.25) is 0 Å². The van der Waals surface area contributed by atoms with E-state index in [-0.39, 0.29) is 12.6 Å². The molecule has 28 heteroatoms. The van der Waals surface area contributed by atoms with Gasteiger partial charge in [0, 0.05) is 39.0 Å². The lowest BCUT2D eigenvalue weighted by Crippen LogP contribution is -2.62. The van der Waals surface area contributed by atoms with Gasteiger partial charge in [0.1, 0.15) is 59.4 Å². The summed E-state index contributed by atoms with van der Waals surface area (Å²) in [5, 5.41) is 41.2. The van der Waals surface area contributed by atoms with Crippen molar-refractivity contribution in [3.63, 3.8) is 0 Å². The van der Waals surface area contributed by atoms with E-state index >= 15 is 0 Å². The molecule has 0 saturated carbocycles. The summed E-state index contributed by atoms with van der Waals surface area (Å²) < 4.78 is 0. The van der Waals surface area contributed by atoms with Gasteiger partial charge in [-0.3, -0.25) is 62.3 Å². The minimum atomic E-state index is -1.63. The maximum atomic E-state index is 13.9. The Balaban J connectivity index is 1.89. The molecule has 12 amide bonds. The van der Waals surface area contributed by atoms with Crippen LogP contribution in [0.25, 0.3) is 0 Å². The van der Waals surface area contributed by atoms with Crippen molar-refractivity contribution in [2.45, 2.75) is 207 Å². The van der Waals surface area contributed by atoms with Crippen LogP contribution in [0.1, 0.15) is 142 Å². The number of carboxylic acids is 2.